The van der Waals surface area contributed by atoms with Crippen LogP contribution in [0.5, 0.6) is 11.5 Å². The van der Waals surface area contributed by atoms with Crippen LogP contribution in [0.15, 0.2) is 48.6 Å². The lowest BCUT2D eigenvalue weighted by Gasteiger charge is -2.28. The average molecular weight is 569 g/mol. The first-order chi connectivity index (χ1) is 19.8. The van der Waals surface area contributed by atoms with Crippen LogP contribution in [0, 0.1) is 16.0 Å². The first-order valence-corrected chi connectivity index (χ1v) is 14.8. The van der Waals surface area contributed by atoms with Crippen molar-refractivity contribution in [2.75, 3.05) is 18.9 Å². The van der Waals surface area contributed by atoms with Crippen molar-refractivity contribution in [3.63, 3.8) is 0 Å². The maximum absolute atomic E-state index is 12.9. The number of nitro benzene ring substituents is 1. The van der Waals surface area contributed by atoms with E-state index in [1.165, 1.54) is 31.4 Å². The molecule has 1 saturated heterocycles. The van der Waals surface area contributed by atoms with Gasteiger partial charge in [0.25, 0.3) is 5.69 Å². The van der Waals surface area contributed by atoms with E-state index in [-0.39, 0.29) is 34.8 Å². The second kappa shape index (κ2) is 16.7. The van der Waals surface area contributed by atoms with Crippen LogP contribution in [0.2, 0.25) is 0 Å². The summed E-state index contributed by atoms with van der Waals surface area (Å²) in [6.07, 6.45) is 13.6. The first kappa shape index (κ1) is 32.1. The summed E-state index contributed by atoms with van der Waals surface area (Å²) in [6, 6.07) is 9.14. The highest BCUT2D eigenvalue weighted by Crippen LogP contribution is 2.33. The molecule has 0 unspecified atom stereocenters. The molecule has 2 N–H and O–H groups in total. The molecule has 41 heavy (non-hydrogen) atoms. The Morgan fingerprint density at radius 3 is 2.41 bits per heavy atom. The van der Waals surface area contributed by atoms with Gasteiger partial charge in [-0.2, -0.15) is 0 Å². The summed E-state index contributed by atoms with van der Waals surface area (Å²) in [4.78, 5) is 24.1. The van der Waals surface area contributed by atoms with Gasteiger partial charge in [-0.25, -0.2) is 4.79 Å². The topological polar surface area (TPSA) is 123 Å². The van der Waals surface area contributed by atoms with Crippen LogP contribution in [0.3, 0.4) is 0 Å². The van der Waals surface area contributed by atoms with E-state index in [0.717, 1.165) is 44.1 Å². The molecule has 0 amide bonds. The standard InChI is InChI=1S/C32H44N2O7/c1-4-6-8-10-12-14-24-21-38-32(39-22-24)25-15-17-26(18-16-25)41-31(35)27-19-28(33)30(20-29(27)34(36)37)40-23(3)13-11-9-7-5-2/h12,14-20,23-24,32H,4-11,13,21-22,33H2,1-3H3/t23-,24-,32-/m1/s1. The highest BCUT2D eigenvalue weighted by Gasteiger charge is 2.26. The minimum atomic E-state index is -0.881. The Morgan fingerprint density at radius 1 is 1.07 bits per heavy atom. The zero-order valence-electron chi connectivity index (χ0n) is 24.5. The van der Waals surface area contributed by atoms with Crippen LogP contribution in [0.1, 0.15) is 101 Å². The zero-order chi connectivity index (χ0) is 29.6. The number of nitrogens with zero attached hydrogens (tertiary/aromatic N) is 1. The van der Waals surface area contributed by atoms with E-state index in [1.807, 2.05) is 6.92 Å². The number of ether oxygens (including phenoxy) is 4. The highest BCUT2D eigenvalue weighted by atomic mass is 16.7. The van der Waals surface area contributed by atoms with Gasteiger partial charge in [-0.15, -0.1) is 0 Å². The molecule has 1 atom stereocenters. The number of nitro groups is 1. The fraction of sp³-hybridized carbons (Fsp3) is 0.531. The van der Waals surface area contributed by atoms with Crippen molar-refractivity contribution < 1.29 is 28.7 Å². The third-order valence-electron chi connectivity index (χ3n) is 7.01. The molecule has 1 fully saturated rings. The SMILES string of the molecule is CCCCCC=C[C@H]1CO[C@H](c2ccc(OC(=O)c3cc(N)c(O[C@H](C)CCCCCC)cc3[N+](=O)[O-])cc2)OC1. The fourth-order valence-electron chi connectivity index (χ4n) is 4.61. The van der Waals surface area contributed by atoms with Crippen molar-refractivity contribution in [2.24, 2.45) is 5.92 Å². The molecule has 0 radical (unpaired) electrons. The minimum Gasteiger partial charge on any atom is -0.488 e. The molecule has 1 aliphatic rings. The third-order valence-corrected chi connectivity index (χ3v) is 7.01. The predicted octanol–water partition coefficient (Wildman–Crippen LogP) is 7.93. The summed E-state index contributed by atoms with van der Waals surface area (Å²) in [5.41, 5.74) is 6.38. The van der Waals surface area contributed by atoms with Gasteiger partial charge >= 0.3 is 5.97 Å². The number of carbonyl (C=O) groups excluding carboxylic acids is 1. The van der Waals surface area contributed by atoms with Gasteiger partial charge in [0, 0.05) is 11.5 Å². The van der Waals surface area contributed by atoms with Crippen LogP contribution >= 0.6 is 0 Å². The number of nitrogens with two attached hydrogens (primary N) is 1. The predicted molar refractivity (Wildman–Crippen MR) is 159 cm³/mol. The molecule has 0 aliphatic carbocycles. The second-order valence-electron chi connectivity index (χ2n) is 10.6. The summed E-state index contributed by atoms with van der Waals surface area (Å²) < 4.78 is 23.1. The summed E-state index contributed by atoms with van der Waals surface area (Å²) in [7, 11) is 0. The van der Waals surface area contributed by atoms with E-state index >= 15 is 0 Å². The quantitative estimate of drug-likeness (QED) is 0.0412. The minimum absolute atomic E-state index is 0.138. The van der Waals surface area contributed by atoms with Gasteiger partial charge in [-0.05, 0) is 50.8 Å². The van der Waals surface area contributed by atoms with Crippen molar-refractivity contribution >= 4 is 17.3 Å². The van der Waals surface area contributed by atoms with Gasteiger partial charge in [-0.3, -0.25) is 10.1 Å². The second-order valence-corrected chi connectivity index (χ2v) is 10.6. The average Bonchev–Trinajstić information content (AvgIpc) is 2.96. The van der Waals surface area contributed by atoms with Gasteiger partial charge in [-0.1, -0.05) is 70.2 Å². The molecule has 3 rings (SSSR count). The molecule has 0 spiro atoms. The van der Waals surface area contributed by atoms with Gasteiger partial charge in [0.15, 0.2) is 6.29 Å². The van der Waals surface area contributed by atoms with E-state index in [1.54, 1.807) is 24.3 Å². The van der Waals surface area contributed by atoms with Crippen LogP contribution < -0.4 is 15.2 Å². The molecule has 9 heteroatoms. The Kier molecular flexibility index (Phi) is 13.1. The summed E-state index contributed by atoms with van der Waals surface area (Å²) >= 11 is 0. The summed E-state index contributed by atoms with van der Waals surface area (Å²) in [6.45, 7) is 7.36. The Labute approximate surface area is 243 Å². The molecular formula is C32H44N2O7. The lowest BCUT2D eigenvalue weighted by atomic mass is 10.1. The number of allylic oxidation sites excluding steroid dienone is 1. The number of rotatable bonds is 16. The molecule has 9 nitrogen and oxygen atoms in total. The van der Waals surface area contributed by atoms with Gasteiger partial charge < -0.3 is 24.7 Å². The molecule has 0 bridgehead atoms. The van der Waals surface area contributed by atoms with Crippen molar-refractivity contribution in [3.05, 3.63) is 69.8 Å². The number of anilines is 1. The Morgan fingerprint density at radius 2 is 1.76 bits per heavy atom. The van der Waals surface area contributed by atoms with Crippen molar-refractivity contribution in [2.45, 2.75) is 91.0 Å². The monoisotopic (exact) mass is 568 g/mol. The molecule has 0 saturated carbocycles. The molecule has 1 heterocycles. The molecule has 0 aromatic heterocycles. The van der Waals surface area contributed by atoms with E-state index < -0.39 is 22.9 Å². The number of unbranched alkanes of at least 4 members (excludes halogenated alkanes) is 6. The third kappa shape index (κ3) is 10.2. The van der Waals surface area contributed by atoms with Gasteiger partial charge in [0.1, 0.15) is 17.1 Å². The maximum atomic E-state index is 12.9. The maximum Gasteiger partial charge on any atom is 0.350 e. The van der Waals surface area contributed by atoms with E-state index in [9.17, 15) is 14.9 Å². The van der Waals surface area contributed by atoms with Crippen LogP contribution in [-0.4, -0.2) is 30.2 Å². The Balaban J connectivity index is 1.58. The van der Waals surface area contributed by atoms with Crippen LogP contribution in [0.4, 0.5) is 11.4 Å². The molecule has 2 aromatic carbocycles. The number of hydrogen-bond donors (Lipinski definition) is 1. The summed E-state index contributed by atoms with van der Waals surface area (Å²) in [5, 5.41) is 11.8. The first-order valence-electron chi connectivity index (χ1n) is 14.8. The number of esters is 1. The normalized spacial score (nSPS) is 17.8. The number of benzene rings is 2. The van der Waals surface area contributed by atoms with Crippen LogP contribution in [-0.2, 0) is 9.47 Å². The molecule has 2 aromatic rings. The van der Waals surface area contributed by atoms with E-state index in [2.05, 4.69) is 26.0 Å². The number of carbonyl (C=O) groups is 1. The fourth-order valence-corrected chi connectivity index (χ4v) is 4.61. The van der Waals surface area contributed by atoms with Crippen molar-refractivity contribution in [1.82, 2.24) is 0 Å². The lowest BCUT2D eigenvalue weighted by molar-refractivity contribution is -0.385. The van der Waals surface area contributed by atoms with Crippen molar-refractivity contribution in [1.29, 1.82) is 0 Å². The van der Waals surface area contributed by atoms with Crippen molar-refractivity contribution in [3.8, 4) is 11.5 Å². The van der Waals surface area contributed by atoms with Gasteiger partial charge in [0.2, 0.25) is 0 Å². The largest absolute Gasteiger partial charge is 0.488 e. The Hall–Kier alpha value is -3.43. The summed E-state index contributed by atoms with van der Waals surface area (Å²) in [5.74, 6) is -0.241. The Bertz CT molecular complexity index is 1140. The highest BCUT2D eigenvalue weighted by molar-refractivity contribution is 5.97. The smallest absolute Gasteiger partial charge is 0.350 e. The van der Waals surface area contributed by atoms with E-state index in [4.69, 9.17) is 24.7 Å². The number of hydrogen-bond acceptors (Lipinski definition) is 8. The zero-order valence-corrected chi connectivity index (χ0v) is 24.5. The van der Waals surface area contributed by atoms with E-state index in [0.29, 0.717) is 13.2 Å². The lowest BCUT2D eigenvalue weighted by Crippen LogP contribution is -2.25. The molecular weight excluding hydrogens is 524 g/mol. The number of nitrogen functional groups attached to an aromatic ring is 1. The molecule has 1 aliphatic heterocycles. The molecule has 224 valence electrons. The van der Waals surface area contributed by atoms with Gasteiger partial charge in [0.05, 0.1) is 36.0 Å². The van der Waals surface area contributed by atoms with Crippen LogP contribution in [0.25, 0.3) is 0 Å².